The van der Waals surface area contributed by atoms with Crippen LogP contribution in [0.5, 0.6) is 11.5 Å². The summed E-state index contributed by atoms with van der Waals surface area (Å²) in [5, 5.41) is 0. The summed E-state index contributed by atoms with van der Waals surface area (Å²) in [6.07, 6.45) is 14.4. The van der Waals surface area contributed by atoms with Crippen LogP contribution in [-0.4, -0.2) is 30.7 Å². The smallest absolute Gasteiger partial charge is 0.136 e. The first-order valence-electron chi connectivity index (χ1n) is 16.7. The lowest BCUT2D eigenvalue weighted by Crippen LogP contribution is -2.03. The van der Waals surface area contributed by atoms with Crippen LogP contribution in [0.3, 0.4) is 0 Å². The Hall–Kier alpha value is -3.98. The molecular weight excluding hydrogens is 609 g/mol. The summed E-state index contributed by atoms with van der Waals surface area (Å²) < 4.78 is 30.5. The van der Waals surface area contributed by atoms with Gasteiger partial charge < -0.3 is 9.47 Å². The normalized spacial score (nSPS) is 10.8. The van der Waals surface area contributed by atoms with E-state index in [1.807, 2.05) is 48.5 Å². The third-order valence-corrected chi connectivity index (χ3v) is 8.91. The van der Waals surface area contributed by atoms with E-state index in [-0.39, 0.29) is 0 Å². The lowest BCUT2D eigenvalue weighted by atomic mass is 10.1. The number of aromatic nitrogens is 4. The van der Waals surface area contributed by atoms with E-state index < -0.39 is 0 Å². The minimum atomic E-state index is 0.626. The molecule has 6 nitrogen and oxygen atoms in total. The van der Waals surface area contributed by atoms with Crippen LogP contribution in [0.2, 0.25) is 0 Å². The Morgan fingerprint density at radius 1 is 0.500 bits per heavy atom. The van der Waals surface area contributed by atoms with Crippen molar-refractivity contribution >= 4 is 45.5 Å². The Morgan fingerprint density at radius 3 is 1.37 bits per heavy atom. The number of unbranched alkanes of at least 4 members (excludes halogenated alkanes) is 10. The highest BCUT2D eigenvalue weighted by Crippen LogP contribution is 2.30. The van der Waals surface area contributed by atoms with E-state index in [0.29, 0.717) is 13.2 Å². The summed E-state index contributed by atoms with van der Waals surface area (Å²) >= 11 is 2.41. The highest BCUT2D eigenvalue weighted by atomic mass is 32.1. The van der Waals surface area contributed by atoms with Crippen LogP contribution in [0, 0.1) is 23.7 Å². The summed E-state index contributed by atoms with van der Waals surface area (Å²) in [4.78, 5) is 0. The molecule has 8 heteroatoms. The number of hydrogen-bond acceptors (Lipinski definition) is 8. The van der Waals surface area contributed by atoms with E-state index in [0.717, 1.165) is 81.5 Å². The number of rotatable bonds is 16. The van der Waals surface area contributed by atoms with Crippen molar-refractivity contribution in [2.24, 2.45) is 0 Å². The standard InChI is InChI=1S/C38H42N4O2S2/c1-3-5-7-9-11-13-25-43-35-27-32(24-22-30-18-16-20-34-38(30)42-46-40-34)36(44-26-14-12-10-8-6-4-2)28-31(35)23-21-29-17-15-19-33-37(29)41-45-39-33/h15-20,27-28H,3-14,25-26H2,1-2H3. The first-order valence-corrected chi connectivity index (χ1v) is 18.1. The zero-order chi connectivity index (χ0) is 31.8. The van der Waals surface area contributed by atoms with E-state index in [1.54, 1.807) is 0 Å². The summed E-state index contributed by atoms with van der Waals surface area (Å²) in [6, 6.07) is 15.8. The Morgan fingerprint density at radius 2 is 0.913 bits per heavy atom. The van der Waals surface area contributed by atoms with Gasteiger partial charge in [-0.05, 0) is 37.1 Å². The predicted octanol–water partition coefficient (Wildman–Crippen LogP) is 9.97. The lowest BCUT2D eigenvalue weighted by Gasteiger charge is -2.14. The van der Waals surface area contributed by atoms with Gasteiger partial charge in [-0.2, -0.15) is 17.5 Å². The van der Waals surface area contributed by atoms with E-state index in [2.05, 4.69) is 55.0 Å². The molecule has 0 fully saturated rings. The summed E-state index contributed by atoms with van der Waals surface area (Å²) in [6.45, 7) is 5.74. The second kappa shape index (κ2) is 18.2. The fourth-order valence-electron chi connectivity index (χ4n) is 5.21. The first-order chi connectivity index (χ1) is 22.8. The van der Waals surface area contributed by atoms with Gasteiger partial charge in [0.1, 0.15) is 33.6 Å². The van der Waals surface area contributed by atoms with E-state index >= 15 is 0 Å². The van der Waals surface area contributed by atoms with Crippen LogP contribution in [0.4, 0.5) is 0 Å². The molecule has 5 aromatic rings. The monoisotopic (exact) mass is 650 g/mol. The SMILES string of the molecule is CCCCCCCCOc1cc(C#Cc2cccc3nsnc23)c(OCCCCCCCC)cc1C#Cc1cccc2nsnc12. The summed E-state index contributed by atoms with van der Waals surface area (Å²) in [5.74, 6) is 14.9. The van der Waals surface area contributed by atoms with Crippen molar-refractivity contribution in [2.45, 2.75) is 90.9 Å². The minimum Gasteiger partial charge on any atom is -0.492 e. The number of nitrogens with zero attached hydrogens (tertiary/aromatic N) is 4. The molecule has 46 heavy (non-hydrogen) atoms. The Bertz CT molecular complexity index is 1690. The highest BCUT2D eigenvalue weighted by Gasteiger charge is 2.12. The van der Waals surface area contributed by atoms with E-state index in [4.69, 9.17) is 9.47 Å². The summed E-state index contributed by atoms with van der Waals surface area (Å²) in [7, 11) is 0. The van der Waals surface area contributed by atoms with Crippen molar-refractivity contribution in [1.82, 2.24) is 17.5 Å². The molecule has 0 saturated heterocycles. The maximum Gasteiger partial charge on any atom is 0.136 e. The zero-order valence-electron chi connectivity index (χ0n) is 26.9. The molecule has 0 bridgehead atoms. The van der Waals surface area contributed by atoms with Crippen molar-refractivity contribution in [3.63, 3.8) is 0 Å². The number of fused-ring (bicyclic) bond motifs is 2. The van der Waals surface area contributed by atoms with Crippen molar-refractivity contribution in [1.29, 1.82) is 0 Å². The van der Waals surface area contributed by atoms with E-state index in [1.165, 1.54) is 74.8 Å². The molecule has 0 aliphatic heterocycles. The fraction of sp³-hybridized carbons (Fsp3) is 0.421. The van der Waals surface area contributed by atoms with Gasteiger partial charge in [-0.25, -0.2) is 0 Å². The van der Waals surface area contributed by atoms with E-state index in [9.17, 15) is 0 Å². The number of benzene rings is 3. The largest absolute Gasteiger partial charge is 0.492 e. The fourth-order valence-corrected chi connectivity index (χ4v) is 6.31. The number of ether oxygens (including phenoxy) is 2. The molecule has 238 valence electrons. The van der Waals surface area contributed by atoms with Crippen LogP contribution in [0.15, 0.2) is 48.5 Å². The van der Waals surface area contributed by atoms with Gasteiger partial charge >= 0.3 is 0 Å². The molecule has 0 N–H and O–H groups in total. The molecule has 0 unspecified atom stereocenters. The van der Waals surface area contributed by atoms with Crippen LogP contribution >= 0.6 is 23.5 Å². The zero-order valence-corrected chi connectivity index (χ0v) is 28.6. The minimum absolute atomic E-state index is 0.626. The molecule has 2 aromatic heterocycles. The molecule has 5 rings (SSSR count). The Balaban J connectivity index is 1.45. The molecule has 0 atom stereocenters. The molecule has 0 saturated carbocycles. The Kier molecular flexibility index (Phi) is 13.2. The van der Waals surface area contributed by atoms with Crippen LogP contribution < -0.4 is 9.47 Å². The molecule has 2 heterocycles. The van der Waals surface area contributed by atoms with Crippen LogP contribution in [0.25, 0.3) is 22.1 Å². The predicted molar refractivity (Wildman–Crippen MR) is 191 cm³/mol. The van der Waals surface area contributed by atoms with Gasteiger partial charge in [0.25, 0.3) is 0 Å². The van der Waals surface area contributed by atoms with Crippen molar-refractivity contribution in [2.75, 3.05) is 13.2 Å². The Labute approximate surface area is 281 Å². The third kappa shape index (κ3) is 9.52. The van der Waals surface area contributed by atoms with Gasteiger partial charge in [0.05, 0.1) is 58.9 Å². The molecule has 0 amide bonds. The topological polar surface area (TPSA) is 70.0 Å². The molecular formula is C38H42N4O2S2. The average molecular weight is 651 g/mol. The average Bonchev–Trinajstić information content (AvgIpc) is 3.77. The second-order valence-corrected chi connectivity index (χ2v) is 12.5. The van der Waals surface area contributed by atoms with Gasteiger partial charge in [0.2, 0.25) is 0 Å². The maximum atomic E-state index is 6.42. The van der Waals surface area contributed by atoms with Gasteiger partial charge in [0, 0.05) is 12.1 Å². The maximum absolute atomic E-state index is 6.42. The van der Waals surface area contributed by atoms with Crippen LogP contribution in [0.1, 0.15) is 113 Å². The highest BCUT2D eigenvalue weighted by molar-refractivity contribution is 7.00. The molecule has 0 radical (unpaired) electrons. The van der Waals surface area contributed by atoms with Gasteiger partial charge in [0.15, 0.2) is 0 Å². The molecule has 0 spiro atoms. The molecule has 0 aliphatic carbocycles. The summed E-state index contributed by atoms with van der Waals surface area (Å²) in [5.41, 5.74) is 6.60. The molecule has 0 aliphatic rings. The third-order valence-electron chi connectivity index (χ3n) is 7.83. The van der Waals surface area contributed by atoms with Gasteiger partial charge in [-0.15, -0.1) is 0 Å². The van der Waals surface area contributed by atoms with Gasteiger partial charge in [-0.3, -0.25) is 0 Å². The van der Waals surface area contributed by atoms with Crippen molar-refractivity contribution in [3.05, 3.63) is 70.8 Å². The van der Waals surface area contributed by atoms with Crippen molar-refractivity contribution < 1.29 is 9.47 Å². The quantitative estimate of drug-likeness (QED) is 0.0782. The first kappa shape index (κ1) is 33.4. The van der Waals surface area contributed by atoms with Gasteiger partial charge in [-0.1, -0.05) is 114 Å². The van der Waals surface area contributed by atoms with Crippen molar-refractivity contribution in [3.8, 4) is 35.2 Å². The lowest BCUT2D eigenvalue weighted by molar-refractivity contribution is 0.295. The second-order valence-electron chi connectivity index (χ2n) is 11.5. The van der Waals surface area contributed by atoms with Crippen LogP contribution in [-0.2, 0) is 0 Å². The number of hydrogen-bond donors (Lipinski definition) is 0. The molecule has 3 aromatic carbocycles.